The lowest BCUT2D eigenvalue weighted by Crippen LogP contribution is -2.08. The van der Waals surface area contributed by atoms with Crippen LogP contribution in [0.15, 0.2) is 34.8 Å². The molecule has 0 unspecified atom stereocenters. The van der Waals surface area contributed by atoms with Crippen molar-refractivity contribution in [3.63, 3.8) is 0 Å². The minimum absolute atomic E-state index is 0.112. The first kappa shape index (κ1) is 13.6. The predicted molar refractivity (Wildman–Crippen MR) is 68.3 cm³/mol. The van der Waals surface area contributed by atoms with Crippen molar-refractivity contribution < 1.29 is 18.0 Å². The molecule has 2 aromatic rings. The second kappa shape index (κ2) is 5.05. The summed E-state index contributed by atoms with van der Waals surface area (Å²) >= 11 is 2.79. The average molecular weight is 330 g/mol. The van der Waals surface area contributed by atoms with Gasteiger partial charge in [0.2, 0.25) is 0 Å². The molecule has 0 bridgehead atoms. The SMILES string of the molecule is Nc1ccc(C(=O)c2cc(F)c(Br)cc2F)c(F)c1. The summed E-state index contributed by atoms with van der Waals surface area (Å²) in [5.74, 6) is -3.57. The van der Waals surface area contributed by atoms with Crippen molar-refractivity contribution in [1.29, 1.82) is 0 Å². The lowest BCUT2D eigenvalue weighted by molar-refractivity contribution is 0.103. The fourth-order valence-electron chi connectivity index (χ4n) is 1.56. The van der Waals surface area contributed by atoms with Crippen molar-refractivity contribution in [2.24, 2.45) is 0 Å². The molecule has 0 saturated heterocycles. The highest BCUT2D eigenvalue weighted by Crippen LogP contribution is 2.23. The fourth-order valence-corrected chi connectivity index (χ4v) is 1.87. The van der Waals surface area contributed by atoms with E-state index in [1.807, 2.05) is 0 Å². The maximum atomic E-state index is 13.6. The molecule has 0 atom stereocenters. The van der Waals surface area contributed by atoms with Gasteiger partial charge in [-0.1, -0.05) is 0 Å². The molecule has 0 amide bonds. The highest BCUT2D eigenvalue weighted by molar-refractivity contribution is 9.10. The number of nitrogens with two attached hydrogens (primary N) is 1. The second-order valence-corrected chi connectivity index (χ2v) is 4.67. The monoisotopic (exact) mass is 329 g/mol. The maximum Gasteiger partial charge on any atom is 0.199 e. The van der Waals surface area contributed by atoms with Gasteiger partial charge in [-0.15, -0.1) is 0 Å². The molecule has 0 aliphatic carbocycles. The Bertz CT molecular complexity index is 673. The van der Waals surface area contributed by atoms with E-state index in [1.54, 1.807) is 0 Å². The highest BCUT2D eigenvalue weighted by atomic mass is 79.9. The molecular formula is C13H7BrF3NO. The van der Waals surface area contributed by atoms with Crippen LogP contribution in [0.3, 0.4) is 0 Å². The zero-order valence-corrected chi connectivity index (χ0v) is 11.0. The third-order valence-electron chi connectivity index (χ3n) is 2.49. The number of rotatable bonds is 2. The van der Waals surface area contributed by atoms with Crippen molar-refractivity contribution in [2.45, 2.75) is 0 Å². The predicted octanol–water partition coefficient (Wildman–Crippen LogP) is 3.68. The van der Waals surface area contributed by atoms with Gasteiger partial charge < -0.3 is 5.73 Å². The minimum Gasteiger partial charge on any atom is -0.399 e. The number of halogens is 4. The Balaban J connectivity index is 2.53. The van der Waals surface area contributed by atoms with Gasteiger partial charge in [-0.25, -0.2) is 13.2 Å². The Morgan fingerprint density at radius 3 is 2.21 bits per heavy atom. The topological polar surface area (TPSA) is 43.1 Å². The molecule has 19 heavy (non-hydrogen) atoms. The lowest BCUT2D eigenvalue weighted by atomic mass is 10.0. The number of carbonyl (C=O) groups excluding carboxylic acids is 1. The van der Waals surface area contributed by atoms with E-state index in [-0.39, 0.29) is 15.7 Å². The van der Waals surface area contributed by atoms with Crippen LogP contribution in [-0.4, -0.2) is 5.78 Å². The molecule has 6 heteroatoms. The molecule has 0 aliphatic rings. The number of nitrogen functional groups attached to an aromatic ring is 1. The number of carbonyl (C=O) groups is 1. The summed E-state index contributed by atoms with van der Waals surface area (Å²) in [7, 11) is 0. The van der Waals surface area contributed by atoms with E-state index in [0.29, 0.717) is 0 Å². The van der Waals surface area contributed by atoms with Gasteiger partial charge in [0.1, 0.15) is 17.5 Å². The number of benzene rings is 2. The number of ketones is 1. The van der Waals surface area contributed by atoms with E-state index >= 15 is 0 Å². The van der Waals surface area contributed by atoms with E-state index in [4.69, 9.17) is 5.73 Å². The Morgan fingerprint density at radius 1 is 0.947 bits per heavy atom. The molecule has 0 aromatic heterocycles. The third-order valence-corrected chi connectivity index (χ3v) is 3.10. The second-order valence-electron chi connectivity index (χ2n) is 3.81. The standard InChI is InChI=1S/C13H7BrF3NO/c14-9-5-11(16)8(4-12(9)17)13(19)7-2-1-6(18)3-10(7)15/h1-5H,18H2. The zero-order valence-electron chi connectivity index (χ0n) is 9.38. The normalized spacial score (nSPS) is 10.5. The Kier molecular flexibility index (Phi) is 3.61. The van der Waals surface area contributed by atoms with E-state index in [2.05, 4.69) is 15.9 Å². The molecule has 0 fully saturated rings. The van der Waals surface area contributed by atoms with Gasteiger partial charge in [0.05, 0.1) is 15.6 Å². The molecule has 2 aromatic carbocycles. The quantitative estimate of drug-likeness (QED) is 0.519. The number of hydrogen-bond donors (Lipinski definition) is 1. The van der Waals surface area contributed by atoms with Gasteiger partial charge >= 0.3 is 0 Å². The molecule has 0 heterocycles. The summed E-state index contributed by atoms with van der Waals surface area (Å²) < 4.78 is 40.4. The molecule has 0 spiro atoms. The van der Waals surface area contributed by atoms with Crippen molar-refractivity contribution in [3.8, 4) is 0 Å². The number of anilines is 1. The van der Waals surface area contributed by atoms with Crippen LogP contribution in [0.5, 0.6) is 0 Å². The smallest absolute Gasteiger partial charge is 0.199 e. The van der Waals surface area contributed by atoms with Crippen LogP contribution in [0, 0.1) is 17.5 Å². The van der Waals surface area contributed by atoms with E-state index in [1.165, 1.54) is 6.07 Å². The molecule has 0 saturated carbocycles. The molecule has 98 valence electrons. The van der Waals surface area contributed by atoms with Gasteiger partial charge in [-0.3, -0.25) is 4.79 Å². The van der Waals surface area contributed by atoms with Gasteiger partial charge in [-0.2, -0.15) is 0 Å². The average Bonchev–Trinajstić information content (AvgIpc) is 2.33. The van der Waals surface area contributed by atoms with E-state index in [0.717, 1.165) is 24.3 Å². The molecule has 2 N–H and O–H groups in total. The van der Waals surface area contributed by atoms with E-state index < -0.39 is 28.8 Å². The molecule has 0 radical (unpaired) electrons. The van der Waals surface area contributed by atoms with Crippen LogP contribution in [0.2, 0.25) is 0 Å². The third kappa shape index (κ3) is 2.63. The first-order valence-corrected chi connectivity index (χ1v) is 5.93. The highest BCUT2D eigenvalue weighted by Gasteiger charge is 2.19. The molecule has 0 aliphatic heterocycles. The first-order valence-electron chi connectivity index (χ1n) is 5.14. The number of hydrogen-bond acceptors (Lipinski definition) is 2. The Labute approximate surface area is 115 Å². The van der Waals surface area contributed by atoms with Crippen molar-refractivity contribution in [3.05, 3.63) is 63.4 Å². The maximum absolute atomic E-state index is 13.6. The van der Waals surface area contributed by atoms with Crippen LogP contribution in [0.25, 0.3) is 0 Å². The van der Waals surface area contributed by atoms with Crippen LogP contribution < -0.4 is 5.73 Å². The Morgan fingerprint density at radius 2 is 1.58 bits per heavy atom. The summed E-state index contributed by atoms with van der Waals surface area (Å²) in [4.78, 5) is 12.0. The summed E-state index contributed by atoms with van der Waals surface area (Å²) in [5.41, 5.74) is 4.58. The summed E-state index contributed by atoms with van der Waals surface area (Å²) in [6.07, 6.45) is 0. The van der Waals surface area contributed by atoms with Crippen molar-refractivity contribution in [2.75, 3.05) is 5.73 Å². The van der Waals surface area contributed by atoms with Crippen LogP contribution >= 0.6 is 15.9 Å². The first-order chi connectivity index (χ1) is 8.90. The lowest BCUT2D eigenvalue weighted by Gasteiger charge is -2.06. The van der Waals surface area contributed by atoms with E-state index in [9.17, 15) is 18.0 Å². The summed E-state index contributed by atoms with van der Waals surface area (Å²) in [5, 5.41) is 0. The van der Waals surface area contributed by atoms with Gasteiger partial charge in [0.15, 0.2) is 5.78 Å². The molecule has 2 rings (SSSR count). The zero-order chi connectivity index (χ0) is 14.2. The fraction of sp³-hybridized carbons (Fsp3) is 0. The van der Waals surface area contributed by atoms with Gasteiger partial charge in [0.25, 0.3) is 0 Å². The minimum atomic E-state index is -0.943. The van der Waals surface area contributed by atoms with Crippen LogP contribution in [0.4, 0.5) is 18.9 Å². The largest absolute Gasteiger partial charge is 0.399 e. The van der Waals surface area contributed by atoms with Gasteiger partial charge in [0, 0.05) is 5.69 Å². The van der Waals surface area contributed by atoms with Gasteiger partial charge in [-0.05, 0) is 46.3 Å². The van der Waals surface area contributed by atoms with Crippen molar-refractivity contribution >= 4 is 27.4 Å². The molecular weight excluding hydrogens is 323 g/mol. The molecule has 2 nitrogen and oxygen atoms in total. The Hall–Kier alpha value is -1.82. The van der Waals surface area contributed by atoms with Crippen molar-refractivity contribution in [1.82, 2.24) is 0 Å². The summed E-state index contributed by atoms with van der Waals surface area (Å²) in [6.45, 7) is 0. The summed E-state index contributed by atoms with van der Waals surface area (Å²) in [6, 6.07) is 4.92. The van der Waals surface area contributed by atoms with Crippen LogP contribution in [-0.2, 0) is 0 Å². The van der Waals surface area contributed by atoms with Crippen LogP contribution in [0.1, 0.15) is 15.9 Å².